The van der Waals surface area contributed by atoms with Crippen molar-refractivity contribution in [1.29, 1.82) is 0 Å². The summed E-state index contributed by atoms with van der Waals surface area (Å²) in [5, 5.41) is 8.60. The molecule has 2 nitrogen and oxygen atoms in total. The van der Waals surface area contributed by atoms with Gasteiger partial charge in [-0.15, -0.1) is 45.3 Å². The molecule has 0 atom stereocenters. The van der Waals surface area contributed by atoms with E-state index in [0.717, 1.165) is 34.1 Å². The highest BCUT2D eigenvalue weighted by Gasteiger charge is 2.52. The maximum absolute atomic E-state index is 2.50. The molecule has 4 aromatic heterocycles. The summed E-state index contributed by atoms with van der Waals surface area (Å²) in [4.78, 5) is 9.94. The molecule has 4 heterocycles. The predicted octanol–water partition coefficient (Wildman–Crippen LogP) is 19.9. The van der Waals surface area contributed by atoms with E-state index in [-0.39, 0.29) is 0 Å². The zero-order valence-corrected chi connectivity index (χ0v) is 41.5. The van der Waals surface area contributed by atoms with E-state index in [0.29, 0.717) is 0 Å². The molecule has 0 saturated heterocycles. The van der Waals surface area contributed by atoms with Crippen molar-refractivity contribution in [1.82, 2.24) is 0 Å². The molecule has 12 aromatic rings. The van der Waals surface area contributed by atoms with Crippen LogP contribution in [0.3, 0.4) is 0 Å². The first-order valence-corrected chi connectivity index (χ1v) is 27.4. The number of fused-ring (bicyclic) bond motifs is 10. The van der Waals surface area contributed by atoms with Crippen LogP contribution in [0, 0.1) is 0 Å². The number of hydrogen-bond donors (Lipinski definition) is 0. The van der Waals surface area contributed by atoms with Gasteiger partial charge >= 0.3 is 0 Å². The Balaban J connectivity index is 0.964. The lowest BCUT2D eigenvalue weighted by molar-refractivity contribution is 0.793. The lowest BCUT2D eigenvalue weighted by Gasteiger charge is -2.33. The second-order valence-electron chi connectivity index (χ2n) is 18.1. The number of thiophene rings is 4. The van der Waals surface area contributed by atoms with E-state index in [4.69, 9.17) is 0 Å². The van der Waals surface area contributed by atoms with Gasteiger partial charge in [0.1, 0.15) is 0 Å². The van der Waals surface area contributed by atoms with Crippen molar-refractivity contribution in [3.8, 4) is 64.0 Å². The average molecular weight is 979 g/mol. The van der Waals surface area contributed by atoms with Crippen LogP contribution in [0.5, 0.6) is 0 Å². The van der Waals surface area contributed by atoms with E-state index in [1.165, 1.54) is 86.3 Å². The largest absolute Gasteiger partial charge is 0.310 e. The van der Waals surface area contributed by atoms with Crippen LogP contribution in [0.25, 0.3) is 64.0 Å². The molecule has 14 rings (SSSR count). The topological polar surface area (TPSA) is 6.48 Å². The van der Waals surface area contributed by atoms with Gasteiger partial charge in [-0.05, 0) is 185 Å². The van der Waals surface area contributed by atoms with Gasteiger partial charge in [0.2, 0.25) is 0 Å². The first-order chi connectivity index (χ1) is 35.2. The number of hydrogen-bond acceptors (Lipinski definition) is 6. The minimum Gasteiger partial charge on any atom is -0.310 e. The van der Waals surface area contributed by atoms with Gasteiger partial charge in [-0.3, -0.25) is 0 Å². The highest BCUT2D eigenvalue weighted by atomic mass is 32.1. The Bertz CT molecular complexity index is 3420. The van der Waals surface area contributed by atoms with Crippen molar-refractivity contribution in [3.05, 3.63) is 274 Å². The van der Waals surface area contributed by atoms with Crippen LogP contribution in [0.1, 0.15) is 22.3 Å². The maximum Gasteiger partial charge on any atom is 0.0727 e. The Labute approximate surface area is 429 Å². The third-order valence-corrected chi connectivity index (χ3v) is 18.0. The summed E-state index contributed by atoms with van der Waals surface area (Å²) < 4.78 is 0. The summed E-state index contributed by atoms with van der Waals surface area (Å²) in [7, 11) is 0. The molecular weight excluding hydrogens is 937 g/mol. The van der Waals surface area contributed by atoms with E-state index in [1.54, 1.807) is 45.3 Å². The van der Waals surface area contributed by atoms with Crippen molar-refractivity contribution in [2.75, 3.05) is 9.80 Å². The van der Waals surface area contributed by atoms with E-state index in [9.17, 15) is 0 Å². The van der Waals surface area contributed by atoms with Crippen LogP contribution >= 0.6 is 45.3 Å². The third kappa shape index (κ3) is 6.93. The van der Waals surface area contributed by atoms with Crippen LogP contribution < -0.4 is 9.80 Å². The molecule has 0 fully saturated rings. The van der Waals surface area contributed by atoms with Gasteiger partial charge in [0, 0.05) is 53.6 Å². The van der Waals surface area contributed by atoms with Gasteiger partial charge in [0.15, 0.2) is 0 Å². The SMILES string of the molecule is c1csc(-c2ccc(N(c3ccc(-c4cccs4)cc3)c3ccc4c(c3)C3(c5ccccc5-c5ccccc53)c3cc(N(c5ccc(-c6cccs6)cc5)c5ccc(-c6cccs6)cc5)ccc3-4)cc2)c1. The van der Waals surface area contributed by atoms with Crippen molar-refractivity contribution < 1.29 is 0 Å². The monoisotopic (exact) mass is 978 g/mol. The molecule has 71 heavy (non-hydrogen) atoms. The maximum atomic E-state index is 2.50. The van der Waals surface area contributed by atoms with Crippen LogP contribution in [-0.4, -0.2) is 0 Å². The zero-order chi connectivity index (χ0) is 46.9. The molecule has 6 heteroatoms. The molecule has 0 unspecified atom stereocenters. The first kappa shape index (κ1) is 42.1. The second kappa shape index (κ2) is 17.2. The Hall–Kier alpha value is -7.84. The molecule has 0 bridgehead atoms. The molecule has 336 valence electrons. The van der Waals surface area contributed by atoms with E-state index in [2.05, 4.69) is 262 Å². The van der Waals surface area contributed by atoms with E-state index in [1.807, 2.05) is 0 Å². The normalized spacial score (nSPS) is 12.6. The zero-order valence-electron chi connectivity index (χ0n) is 38.3. The minimum atomic E-state index is -0.584. The van der Waals surface area contributed by atoms with Crippen molar-refractivity contribution in [3.63, 3.8) is 0 Å². The number of rotatable bonds is 10. The van der Waals surface area contributed by atoms with Crippen LogP contribution in [0.15, 0.2) is 252 Å². The van der Waals surface area contributed by atoms with Crippen molar-refractivity contribution in [2.24, 2.45) is 0 Å². The highest BCUT2D eigenvalue weighted by Crippen LogP contribution is 2.64. The molecule has 1 spiro atoms. The Morgan fingerprint density at radius 3 is 0.817 bits per heavy atom. The second-order valence-corrected chi connectivity index (χ2v) is 21.9. The quantitative estimate of drug-likeness (QED) is 0.135. The van der Waals surface area contributed by atoms with Crippen molar-refractivity contribution >= 4 is 79.5 Å². The van der Waals surface area contributed by atoms with Crippen LogP contribution in [0.2, 0.25) is 0 Å². The van der Waals surface area contributed by atoms with Crippen molar-refractivity contribution in [2.45, 2.75) is 5.41 Å². The fourth-order valence-electron chi connectivity index (χ4n) is 11.2. The number of benzene rings is 8. The molecule has 2 aliphatic carbocycles. The number of nitrogens with zero attached hydrogens (tertiary/aromatic N) is 2. The molecule has 0 aliphatic heterocycles. The Morgan fingerprint density at radius 2 is 0.521 bits per heavy atom. The summed E-state index contributed by atoms with van der Waals surface area (Å²) in [6, 6.07) is 86.3. The Morgan fingerprint density at radius 1 is 0.239 bits per heavy atom. The fraction of sp³-hybridized carbons (Fsp3) is 0.0154. The van der Waals surface area contributed by atoms with Gasteiger partial charge < -0.3 is 9.80 Å². The average Bonchev–Trinajstić information content (AvgIpc) is 4.33. The van der Waals surface area contributed by atoms with E-state index >= 15 is 0 Å². The first-order valence-electron chi connectivity index (χ1n) is 23.8. The van der Waals surface area contributed by atoms with Crippen LogP contribution in [0.4, 0.5) is 34.1 Å². The summed E-state index contributed by atoms with van der Waals surface area (Å²) >= 11 is 7.10. The molecule has 2 aliphatic rings. The lowest BCUT2D eigenvalue weighted by Crippen LogP contribution is -2.26. The molecule has 8 aromatic carbocycles. The Kier molecular flexibility index (Phi) is 10.2. The number of anilines is 6. The summed E-state index contributed by atoms with van der Waals surface area (Å²) in [5.74, 6) is 0. The van der Waals surface area contributed by atoms with Gasteiger partial charge in [-0.2, -0.15) is 0 Å². The predicted molar refractivity (Wildman–Crippen MR) is 305 cm³/mol. The van der Waals surface area contributed by atoms with Gasteiger partial charge in [-0.1, -0.05) is 133 Å². The van der Waals surface area contributed by atoms with Gasteiger partial charge in [0.25, 0.3) is 0 Å². The molecule has 0 amide bonds. The lowest BCUT2D eigenvalue weighted by atomic mass is 9.70. The standard InChI is InChI=1S/C65H42N2S4/c1-3-11-57-53(9-1)54-10-2-4-12-58(54)65(57)59-41-51(66(47-25-17-43(18-26-47)61-13-5-37-68-61)48-27-19-44(20-28-48)62-14-6-38-69-62)33-35-55(59)56-36-34-52(42-60(56)65)67(49-29-21-45(22-30-49)63-15-7-39-70-63)50-31-23-46(24-32-50)64-16-8-40-71-64/h1-42H. The van der Waals surface area contributed by atoms with E-state index < -0.39 is 5.41 Å². The molecular formula is C65H42N2S4. The fourth-order valence-corrected chi connectivity index (χ4v) is 14.1. The summed E-state index contributed by atoms with van der Waals surface area (Å²) in [6.07, 6.45) is 0. The highest BCUT2D eigenvalue weighted by molar-refractivity contribution is 7.14. The molecule has 0 radical (unpaired) electrons. The van der Waals surface area contributed by atoms with Gasteiger partial charge in [-0.25, -0.2) is 0 Å². The molecule has 0 N–H and O–H groups in total. The summed E-state index contributed by atoms with van der Waals surface area (Å²) in [6.45, 7) is 0. The third-order valence-electron chi connectivity index (χ3n) is 14.3. The van der Waals surface area contributed by atoms with Crippen LogP contribution in [-0.2, 0) is 5.41 Å². The van der Waals surface area contributed by atoms with Gasteiger partial charge in [0.05, 0.1) is 5.41 Å². The summed E-state index contributed by atoms with van der Waals surface area (Å²) in [5.41, 5.74) is 21.3. The molecule has 0 saturated carbocycles. The smallest absolute Gasteiger partial charge is 0.0727 e. The minimum absolute atomic E-state index is 0.584.